The van der Waals surface area contributed by atoms with E-state index in [1.165, 1.54) is 105 Å². The van der Waals surface area contributed by atoms with Gasteiger partial charge in [0.25, 0.3) is 5.91 Å². The Morgan fingerprint density at radius 2 is 1.62 bits per heavy atom. The zero-order chi connectivity index (χ0) is 46.8. The first-order valence-corrected chi connectivity index (χ1v) is 22.3. The molecule has 346 valence electrons. The molecule has 16 heteroatoms. The van der Waals surface area contributed by atoms with Gasteiger partial charge in [0.2, 0.25) is 11.8 Å². The first-order valence-electron chi connectivity index (χ1n) is 22.3. The zero-order valence-corrected chi connectivity index (χ0v) is 36.9. The number of nitrogens with zero attached hydrogens (tertiary/aromatic N) is 4. The number of benzene rings is 3. The van der Waals surface area contributed by atoms with E-state index in [1.54, 1.807) is 12.1 Å². The van der Waals surface area contributed by atoms with Crippen molar-refractivity contribution in [2.75, 3.05) is 19.0 Å². The van der Waals surface area contributed by atoms with Crippen LogP contribution in [0.25, 0.3) is 17.0 Å². The van der Waals surface area contributed by atoms with Crippen LogP contribution in [0, 0.1) is 17.8 Å². The minimum absolute atomic E-state index is 0.000974. The van der Waals surface area contributed by atoms with Crippen LogP contribution in [0.4, 0.5) is 18.9 Å². The minimum atomic E-state index is -4.71. The molecular weight excluding hydrogens is 852 g/mol. The Morgan fingerprint density at radius 3 is 2.23 bits per heavy atom. The van der Waals surface area contributed by atoms with Gasteiger partial charge >= 0.3 is 12.1 Å². The number of anilines is 1. The Balaban J connectivity index is 1.02. The van der Waals surface area contributed by atoms with Gasteiger partial charge in [-0.2, -0.15) is 13.2 Å². The number of hydrogen-bond donors (Lipinski definition) is 4. The molecule has 66 heavy (non-hydrogen) atoms. The third-order valence-electron chi connectivity index (χ3n) is 12.8. The van der Waals surface area contributed by atoms with E-state index in [1.807, 2.05) is 24.5 Å². The van der Waals surface area contributed by atoms with Crippen molar-refractivity contribution in [1.82, 2.24) is 30.2 Å². The first kappa shape index (κ1) is 47.1. The Bertz CT molecular complexity index is 2490. The van der Waals surface area contributed by atoms with Crippen LogP contribution >= 0.6 is 0 Å². The fraction of sp³-hybridized carbons (Fsp3) is 0.380. The quantitative estimate of drug-likeness (QED) is 0.0709. The third-order valence-corrected chi connectivity index (χ3v) is 12.8. The maximum atomic E-state index is 14.1. The number of halogens is 3. The number of ether oxygens (including phenoxy) is 1. The molecule has 0 saturated heterocycles. The number of hydrogen-bond acceptors (Lipinski definition) is 8. The number of rotatable bonds is 17. The topological polar surface area (TPSA) is 180 Å². The van der Waals surface area contributed by atoms with Gasteiger partial charge in [-0.3, -0.25) is 14.4 Å². The number of aromatic nitrogens is 4. The molecule has 4 N–H and O–H groups in total. The summed E-state index contributed by atoms with van der Waals surface area (Å²) < 4.78 is 46.2. The predicted molar refractivity (Wildman–Crippen MR) is 242 cm³/mol. The highest BCUT2D eigenvalue weighted by Gasteiger charge is 2.34. The van der Waals surface area contributed by atoms with Crippen molar-refractivity contribution in [3.05, 3.63) is 131 Å². The number of carbonyl (C=O) groups excluding carboxylic acids is 3. The Kier molecular flexibility index (Phi) is 15.3. The Hall–Kier alpha value is -6.84. The molecule has 0 aliphatic heterocycles. The van der Waals surface area contributed by atoms with Gasteiger partial charge in [0.05, 0.1) is 25.4 Å². The molecule has 1 saturated carbocycles. The van der Waals surface area contributed by atoms with E-state index < -0.39 is 54.4 Å². The summed E-state index contributed by atoms with van der Waals surface area (Å²) in [6, 6.07) is 15.0. The summed E-state index contributed by atoms with van der Waals surface area (Å²) in [5.74, 6) is -0.278. The number of carbonyl (C=O) groups is 4. The van der Waals surface area contributed by atoms with E-state index in [0.29, 0.717) is 17.1 Å². The largest absolute Gasteiger partial charge is 0.497 e. The van der Waals surface area contributed by atoms with Crippen LogP contribution in [0.3, 0.4) is 0 Å². The van der Waals surface area contributed by atoms with E-state index >= 15 is 0 Å². The van der Waals surface area contributed by atoms with Crippen molar-refractivity contribution in [3.8, 4) is 17.1 Å². The zero-order valence-electron chi connectivity index (χ0n) is 36.9. The van der Waals surface area contributed by atoms with Crippen LogP contribution in [-0.4, -0.2) is 73.3 Å². The predicted octanol–water partition coefficient (Wildman–Crippen LogP) is 8.93. The summed E-state index contributed by atoms with van der Waals surface area (Å²) in [5.41, 5.74) is 3.34. The van der Waals surface area contributed by atoms with Crippen molar-refractivity contribution < 1.29 is 42.2 Å². The van der Waals surface area contributed by atoms with Crippen molar-refractivity contribution >= 4 is 35.0 Å². The molecule has 5 aromatic rings. The summed E-state index contributed by atoms with van der Waals surface area (Å²) >= 11 is 0. The van der Waals surface area contributed by atoms with Gasteiger partial charge in [-0.15, -0.1) is 0 Å². The number of nitrogens with one attached hydrogen (secondary N) is 3. The van der Waals surface area contributed by atoms with Crippen LogP contribution < -0.4 is 15.4 Å². The molecule has 1 fully saturated rings. The van der Waals surface area contributed by atoms with Crippen LogP contribution in [-0.2, 0) is 39.9 Å². The van der Waals surface area contributed by atoms with Crippen molar-refractivity contribution in [3.63, 3.8) is 0 Å². The normalized spacial score (nSPS) is 17.8. The number of amides is 3. The number of aliphatic carboxylic acids is 1. The number of allylic oxidation sites excluding steroid dienone is 2. The Morgan fingerprint density at radius 1 is 0.894 bits per heavy atom. The second-order valence-electron chi connectivity index (χ2n) is 17.2. The number of methoxy groups -OCH3 is 1. The highest BCUT2D eigenvalue weighted by Crippen LogP contribution is 2.42. The standard InChI is InChI=1S/C50H54F3N7O6/c1-3-31-4-8-33(9-5-31)34-12-14-35(15-13-34)39-25-55-47(56-26-39)36-10-6-32(7-11-36)28-60(29-46(62)59-44(49(64)65)23-41-27-54-30-57-41)48(63)37-16-19-40(20-17-37)58-45(61)22-38-18-21-42(66-2)24-43(38)50(51,52)53/h6-7,10-11,14,16-21,24-27,30-31,33-34,44H,3-5,8-9,12-13,15,22-23,28-29H2,1-2H3,(H,54,57)(H,58,61)(H,59,62)(H,64,65)/t31?,33?,34?,44-/m1/s1. The molecule has 13 nitrogen and oxygen atoms in total. The van der Waals surface area contributed by atoms with Crippen molar-refractivity contribution in [1.29, 1.82) is 0 Å². The molecule has 3 aromatic carbocycles. The molecule has 0 spiro atoms. The monoisotopic (exact) mass is 905 g/mol. The maximum absolute atomic E-state index is 14.1. The van der Waals surface area contributed by atoms with Crippen LogP contribution in [0.2, 0.25) is 0 Å². The van der Waals surface area contributed by atoms with E-state index in [-0.39, 0.29) is 35.5 Å². The number of carboxylic acids is 1. The number of aromatic amines is 1. The van der Waals surface area contributed by atoms with Gasteiger partial charge in [0, 0.05) is 59.6 Å². The van der Waals surface area contributed by atoms with Gasteiger partial charge in [0.15, 0.2) is 5.82 Å². The van der Waals surface area contributed by atoms with Gasteiger partial charge in [-0.05, 0) is 103 Å². The lowest BCUT2D eigenvalue weighted by Crippen LogP contribution is -2.47. The van der Waals surface area contributed by atoms with Gasteiger partial charge in [-0.1, -0.05) is 62.6 Å². The van der Waals surface area contributed by atoms with E-state index in [0.717, 1.165) is 47.8 Å². The lowest BCUT2D eigenvalue weighted by atomic mass is 9.71. The Labute approximate surface area is 381 Å². The summed E-state index contributed by atoms with van der Waals surface area (Å²) in [6.45, 7) is 1.76. The molecule has 7 rings (SSSR count). The number of imidazole rings is 1. The SMILES string of the molecule is CCC1CCC(C2CC=C(c3cnc(-c4ccc(CN(CC(=O)N[C@H](Cc5cnc[nH]5)C(=O)O)C(=O)c5ccc(NC(=O)Cc6ccc(OC)cc6C(F)(F)F)cc5)cc4)nc3)CC2)CC1. The summed E-state index contributed by atoms with van der Waals surface area (Å²) in [7, 11) is 1.25. The molecule has 2 atom stereocenters. The third kappa shape index (κ3) is 12.3. The summed E-state index contributed by atoms with van der Waals surface area (Å²) in [5, 5.41) is 14.9. The highest BCUT2D eigenvalue weighted by molar-refractivity contribution is 5.98. The molecule has 3 amide bonds. The summed E-state index contributed by atoms with van der Waals surface area (Å²) in [4.78, 5) is 69.8. The second-order valence-corrected chi connectivity index (χ2v) is 17.2. The maximum Gasteiger partial charge on any atom is 0.416 e. The fourth-order valence-electron chi connectivity index (χ4n) is 9.02. The van der Waals surface area contributed by atoms with Crippen molar-refractivity contribution in [2.24, 2.45) is 17.8 Å². The number of carboxylic acid groups (broad SMARTS) is 1. The first-order chi connectivity index (χ1) is 31.8. The van der Waals surface area contributed by atoms with Crippen LogP contribution in [0.5, 0.6) is 5.75 Å². The smallest absolute Gasteiger partial charge is 0.416 e. The molecule has 0 bridgehead atoms. The number of H-pyrrole nitrogens is 1. The van der Waals surface area contributed by atoms with Gasteiger partial charge in [-0.25, -0.2) is 19.7 Å². The molecule has 0 radical (unpaired) electrons. The molecule has 2 heterocycles. The van der Waals surface area contributed by atoms with Crippen LogP contribution in [0.15, 0.2) is 97.7 Å². The molecular formula is C50H54F3N7O6. The van der Waals surface area contributed by atoms with E-state index in [4.69, 9.17) is 4.74 Å². The molecule has 2 aliphatic rings. The lowest BCUT2D eigenvalue weighted by molar-refractivity contribution is -0.142. The average molecular weight is 906 g/mol. The molecule has 1 unspecified atom stereocenters. The number of alkyl halides is 3. The van der Waals surface area contributed by atoms with Gasteiger partial charge in [0.1, 0.15) is 18.3 Å². The molecule has 2 aromatic heterocycles. The van der Waals surface area contributed by atoms with Gasteiger partial charge < -0.3 is 30.4 Å². The van der Waals surface area contributed by atoms with Crippen molar-refractivity contribution in [2.45, 2.75) is 89.9 Å². The highest BCUT2D eigenvalue weighted by atomic mass is 19.4. The lowest BCUT2D eigenvalue weighted by Gasteiger charge is -2.35. The van der Waals surface area contributed by atoms with Crippen LogP contribution in [0.1, 0.15) is 96.6 Å². The average Bonchev–Trinajstić information content (AvgIpc) is 3.84. The van der Waals surface area contributed by atoms with E-state index in [9.17, 15) is 37.5 Å². The second kappa shape index (κ2) is 21.4. The molecule has 2 aliphatic carbocycles. The minimum Gasteiger partial charge on any atom is -0.497 e. The van der Waals surface area contributed by atoms with E-state index in [2.05, 4.69) is 43.6 Å². The fourth-order valence-corrected chi connectivity index (χ4v) is 9.02. The summed E-state index contributed by atoms with van der Waals surface area (Å²) in [6.07, 6.45) is 13.6.